The Hall–Kier alpha value is -2.63. The minimum atomic E-state index is 0.643. The summed E-state index contributed by atoms with van der Waals surface area (Å²) in [7, 11) is 1.77. The number of pyridine rings is 1. The number of nitrogens with zero attached hydrogens (tertiary/aromatic N) is 4. The summed E-state index contributed by atoms with van der Waals surface area (Å²) in [5.41, 5.74) is 5.40. The molecule has 0 radical (unpaired) electrons. The average Bonchev–Trinajstić information content (AvgIpc) is 2.90. The molecule has 34 heavy (non-hydrogen) atoms. The Morgan fingerprint density at radius 3 is 2.71 bits per heavy atom. The van der Waals surface area contributed by atoms with Crippen LogP contribution in [-0.4, -0.2) is 73.7 Å². The van der Waals surface area contributed by atoms with Crippen LogP contribution in [0, 0.1) is 0 Å². The molecule has 1 fully saturated rings. The molecule has 1 aromatic heterocycles. The number of anilines is 1. The van der Waals surface area contributed by atoms with E-state index in [4.69, 9.17) is 4.74 Å². The van der Waals surface area contributed by atoms with E-state index in [-0.39, 0.29) is 0 Å². The lowest BCUT2D eigenvalue weighted by molar-refractivity contribution is 0.145. The summed E-state index contributed by atoms with van der Waals surface area (Å²) < 4.78 is 5.49. The molecule has 5 nitrogen and oxygen atoms in total. The number of benzene rings is 2. The lowest BCUT2D eigenvalue weighted by Gasteiger charge is -2.39. The van der Waals surface area contributed by atoms with Gasteiger partial charge in [0.25, 0.3) is 0 Å². The molecule has 5 rings (SSSR count). The van der Waals surface area contributed by atoms with Gasteiger partial charge in [0.1, 0.15) is 5.75 Å². The molecule has 0 amide bonds. The molecular weight excluding hydrogens is 420 g/mol. The lowest BCUT2D eigenvalue weighted by atomic mass is 9.87. The number of hydrogen-bond acceptors (Lipinski definition) is 5. The molecule has 1 saturated heterocycles. The maximum atomic E-state index is 5.49. The third-order valence-electron chi connectivity index (χ3n) is 7.68. The first-order valence-corrected chi connectivity index (χ1v) is 13.0. The molecule has 0 spiro atoms. The first-order valence-electron chi connectivity index (χ1n) is 13.0. The van der Waals surface area contributed by atoms with Gasteiger partial charge in [0, 0.05) is 62.6 Å². The topological polar surface area (TPSA) is 31.8 Å². The third-order valence-corrected chi connectivity index (χ3v) is 7.68. The zero-order valence-corrected chi connectivity index (χ0v) is 20.7. The third kappa shape index (κ3) is 5.06. The van der Waals surface area contributed by atoms with Crippen LogP contribution in [0.15, 0.2) is 54.7 Å². The first kappa shape index (κ1) is 23.1. The second-order valence-electron chi connectivity index (χ2n) is 9.74. The molecule has 3 aromatic rings. The highest BCUT2D eigenvalue weighted by Crippen LogP contribution is 2.29. The van der Waals surface area contributed by atoms with Crippen molar-refractivity contribution in [3.63, 3.8) is 0 Å². The van der Waals surface area contributed by atoms with Crippen molar-refractivity contribution in [2.45, 2.75) is 38.6 Å². The zero-order valence-electron chi connectivity index (χ0n) is 20.7. The largest absolute Gasteiger partial charge is 0.497 e. The molecule has 2 aliphatic rings. The SMILES string of the molecule is CCCN(CCN1CCN(c2cccc3ncccc23)CC1)C1CCc2ccc(OC)cc2C1. The van der Waals surface area contributed by atoms with Gasteiger partial charge < -0.3 is 9.64 Å². The van der Waals surface area contributed by atoms with Crippen LogP contribution in [-0.2, 0) is 12.8 Å². The lowest BCUT2D eigenvalue weighted by Crippen LogP contribution is -2.50. The molecular formula is C29H38N4O. The predicted molar refractivity (Wildman–Crippen MR) is 141 cm³/mol. The second kappa shape index (κ2) is 10.7. The van der Waals surface area contributed by atoms with E-state index in [0.717, 1.165) is 57.0 Å². The smallest absolute Gasteiger partial charge is 0.119 e. The van der Waals surface area contributed by atoms with E-state index in [0.29, 0.717) is 6.04 Å². The fourth-order valence-electron chi connectivity index (χ4n) is 5.76. The van der Waals surface area contributed by atoms with E-state index in [1.54, 1.807) is 7.11 Å². The average molecular weight is 459 g/mol. The Balaban J connectivity index is 1.17. The van der Waals surface area contributed by atoms with Crippen LogP contribution in [0.1, 0.15) is 30.9 Å². The molecule has 0 saturated carbocycles. The van der Waals surface area contributed by atoms with E-state index in [1.165, 1.54) is 48.0 Å². The van der Waals surface area contributed by atoms with Crippen molar-refractivity contribution in [3.8, 4) is 5.75 Å². The van der Waals surface area contributed by atoms with Crippen LogP contribution in [0.3, 0.4) is 0 Å². The van der Waals surface area contributed by atoms with Crippen molar-refractivity contribution < 1.29 is 4.74 Å². The quantitative estimate of drug-likeness (QED) is 0.491. The van der Waals surface area contributed by atoms with Crippen molar-refractivity contribution in [2.24, 2.45) is 0 Å². The van der Waals surface area contributed by atoms with Gasteiger partial charge in [-0.3, -0.25) is 14.8 Å². The molecule has 1 aliphatic heterocycles. The summed E-state index contributed by atoms with van der Waals surface area (Å²) in [6, 6.07) is 18.0. The van der Waals surface area contributed by atoms with Gasteiger partial charge in [-0.15, -0.1) is 0 Å². The van der Waals surface area contributed by atoms with E-state index in [9.17, 15) is 0 Å². The summed E-state index contributed by atoms with van der Waals surface area (Å²) in [5.74, 6) is 0.987. The van der Waals surface area contributed by atoms with Crippen LogP contribution in [0.4, 0.5) is 5.69 Å². The highest BCUT2D eigenvalue weighted by Gasteiger charge is 2.25. The van der Waals surface area contributed by atoms with Crippen molar-refractivity contribution in [2.75, 3.05) is 57.8 Å². The van der Waals surface area contributed by atoms with E-state index in [1.807, 2.05) is 12.3 Å². The Bertz CT molecular complexity index is 1090. The van der Waals surface area contributed by atoms with Crippen LogP contribution < -0.4 is 9.64 Å². The Labute approximate surface area is 204 Å². The molecule has 180 valence electrons. The Morgan fingerprint density at radius 2 is 1.88 bits per heavy atom. The summed E-state index contributed by atoms with van der Waals surface area (Å²) in [5, 5.41) is 1.27. The zero-order chi connectivity index (χ0) is 23.3. The van der Waals surface area contributed by atoms with Gasteiger partial charge in [-0.25, -0.2) is 0 Å². The molecule has 1 unspecified atom stereocenters. The summed E-state index contributed by atoms with van der Waals surface area (Å²) in [6.07, 6.45) is 6.69. The minimum absolute atomic E-state index is 0.643. The van der Waals surface area contributed by atoms with Gasteiger partial charge in [-0.2, -0.15) is 0 Å². The van der Waals surface area contributed by atoms with Crippen LogP contribution in [0.2, 0.25) is 0 Å². The molecule has 5 heteroatoms. The highest BCUT2D eigenvalue weighted by atomic mass is 16.5. The van der Waals surface area contributed by atoms with Gasteiger partial charge >= 0.3 is 0 Å². The fourth-order valence-corrected chi connectivity index (χ4v) is 5.76. The Morgan fingerprint density at radius 1 is 1.00 bits per heavy atom. The molecule has 0 bridgehead atoms. The summed E-state index contributed by atoms with van der Waals surface area (Å²) in [4.78, 5) is 12.5. The monoisotopic (exact) mass is 458 g/mol. The van der Waals surface area contributed by atoms with Gasteiger partial charge in [0.2, 0.25) is 0 Å². The minimum Gasteiger partial charge on any atom is -0.497 e. The van der Waals surface area contributed by atoms with Gasteiger partial charge in [-0.05, 0) is 79.8 Å². The standard InChI is InChI=1S/C29H38N4O/c1-3-14-32(25-11-9-23-10-12-26(34-2)22-24(23)21-25)18-15-31-16-19-33(20-17-31)29-8-4-7-28-27(29)6-5-13-30-28/h4-8,10,12-13,22,25H,3,9,11,14-21H2,1-2H3. The van der Waals surface area contributed by atoms with Crippen LogP contribution >= 0.6 is 0 Å². The second-order valence-corrected chi connectivity index (χ2v) is 9.74. The number of piperazine rings is 1. The normalized spacial score (nSPS) is 18.9. The van der Waals surface area contributed by atoms with Gasteiger partial charge in [-0.1, -0.05) is 19.1 Å². The molecule has 1 atom stereocenters. The fraction of sp³-hybridized carbons (Fsp3) is 0.483. The first-order chi connectivity index (χ1) is 16.7. The molecule has 2 heterocycles. The van der Waals surface area contributed by atoms with Crippen molar-refractivity contribution >= 4 is 16.6 Å². The number of fused-ring (bicyclic) bond motifs is 2. The van der Waals surface area contributed by atoms with Crippen molar-refractivity contribution in [1.82, 2.24) is 14.8 Å². The number of aromatic nitrogens is 1. The number of hydrogen-bond donors (Lipinski definition) is 0. The van der Waals surface area contributed by atoms with Crippen molar-refractivity contribution in [1.29, 1.82) is 0 Å². The molecule has 0 N–H and O–H groups in total. The summed E-state index contributed by atoms with van der Waals surface area (Å²) in [6.45, 7) is 10.2. The van der Waals surface area contributed by atoms with E-state index in [2.05, 4.69) is 69.1 Å². The predicted octanol–water partition coefficient (Wildman–Crippen LogP) is 4.63. The number of methoxy groups -OCH3 is 1. The van der Waals surface area contributed by atoms with Gasteiger partial charge in [0.05, 0.1) is 12.6 Å². The molecule has 2 aromatic carbocycles. The number of rotatable bonds is 8. The maximum Gasteiger partial charge on any atom is 0.119 e. The van der Waals surface area contributed by atoms with Crippen LogP contribution in [0.5, 0.6) is 5.75 Å². The molecule has 1 aliphatic carbocycles. The van der Waals surface area contributed by atoms with Crippen molar-refractivity contribution in [3.05, 3.63) is 65.9 Å². The van der Waals surface area contributed by atoms with Crippen LogP contribution in [0.25, 0.3) is 10.9 Å². The highest BCUT2D eigenvalue weighted by molar-refractivity contribution is 5.91. The number of ether oxygens (including phenoxy) is 1. The maximum absolute atomic E-state index is 5.49. The van der Waals surface area contributed by atoms with E-state index < -0.39 is 0 Å². The summed E-state index contributed by atoms with van der Waals surface area (Å²) >= 11 is 0. The van der Waals surface area contributed by atoms with Gasteiger partial charge in [0.15, 0.2) is 0 Å². The Kier molecular flexibility index (Phi) is 7.31. The van der Waals surface area contributed by atoms with E-state index >= 15 is 0 Å². The number of aryl methyl sites for hydroxylation is 1.